The van der Waals surface area contributed by atoms with E-state index in [1.165, 1.54) is 0 Å². The molecule has 0 N–H and O–H groups in total. The molecular formula is C26H19NO3. The van der Waals surface area contributed by atoms with E-state index in [0.29, 0.717) is 24.0 Å². The SMILES string of the molecule is O=C1C2=C(N=C3C[C@@H](c4ccco4)CC(=O)C3[C@@H]2c2ccccc2)c2ccccc21. The first-order valence-corrected chi connectivity index (χ1v) is 10.3. The van der Waals surface area contributed by atoms with Gasteiger partial charge in [0.15, 0.2) is 5.78 Å². The van der Waals surface area contributed by atoms with Crippen molar-refractivity contribution in [2.24, 2.45) is 10.9 Å². The van der Waals surface area contributed by atoms with E-state index >= 15 is 0 Å². The molecule has 3 atom stereocenters. The number of hydrogen-bond donors (Lipinski definition) is 0. The Morgan fingerprint density at radius 3 is 2.33 bits per heavy atom. The van der Waals surface area contributed by atoms with Crippen LogP contribution in [0.1, 0.15) is 51.9 Å². The zero-order chi connectivity index (χ0) is 20.2. The van der Waals surface area contributed by atoms with E-state index in [9.17, 15) is 9.59 Å². The summed E-state index contributed by atoms with van der Waals surface area (Å²) < 4.78 is 5.60. The van der Waals surface area contributed by atoms with Gasteiger partial charge in [-0.05, 0) is 24.1 Å². The second-order valence-electron chi connectivity index (χ2n) is 8.19. The Bertz CT molecular complexity index is 1230. The van der Waals surface area contributed by atoms with Crippen LogP contribution in [0.25, 0.3) is 5.70 Å². The lowest BCUT2D eigenvalue weighted by atomic mass is 9.66. The average molecular weight is 393 g/mol. The first-order chi connectivity index (χ1) is 14.7. The van der Waals surface area contributed by atoms with E-state index in [1.807, 2.05) is 66.7 Å². The fourth-order valence-electron chi connectivity index (χ4n) is 5.25. The predicted molar refractivity (Wildman–Crippen MR) is 113 cm³/mol. The maximum Gasteiger partial charge on any atom is 0.192 e. The summed E-state index contributed by atoms with van der Waals surface area (Å²) in [7, 11) is 0. The summed E-state index contributed by atoms with van der Waals surface area (Å²) in [5.74, 6) is 0.259. The van der Waals surface area contributed by atoms with Crippen LogP contribution in [0.15, 0.2) is 88.0 Å². The molecule has 1 aromatic heterocycles. The van der Waals surface area contributed by atoms with E-state index in [4.69, 9.17) is 9.41 Å². The highest BCUT2D eigenvalue weighted by Crippen LogP contribution is 2.51. The predicted octanol–water partition coefficient (Wildman–Crippen LogP) is 5.19. The van der Waals surface area contributed by atoms with Crippen LogP contribution in [0.5, 0.6) is 0 Å². The lowest BCUT2D eigenvalue weighted by molar-refractivity contribution is -0.122. The minimum absolute atomic E-state index is 0.00166. The summed E-state index contributed by atoms with van der Waals surface area (Å²) in [6.45, 7) is 0. The number of benzene rings is 2. The van der Waals surface area contributed by atoms with Crippen molar-refractivity contribution in [3.8, 4) is 0 Å². The van der Waals surface area contributed by atoms with Gasteiger partial charge in [0.05, 0.1) is 17.9 Å². The van der Waals surface area contributed by atoms with Crippen molar-refractivity contribution >= 4 is 23.0 Å². The number of rotatable bonds is 2. The van der Waals surface area contributed by atoms with Crippen molar-refractivity contribution in [3.63, 3.8) is 0 Å². The first kappa shape index (κ1) is 17.3. The van der Waals surface area contributed by atoms with Crippen LogP contribution in [0.4, 0.5) is 0 Å². The van der Waals surface area contributed by atoms with Gasteiger partial charge in [0.1, 0.15) is 11.5 Å². The molecule has 0 amide bonds. The number of aliphatic imine (C=N–C) groups is 1. The molecule has 1 aliphatic heterocycles. The van der Waals surface area contributed by atoms with Gasteiger partial charge in [0, 0.05) is 40.7 Å². The fourth-order valence-corrected chi connectivity index (χ4v) is 5.25. The average Bonchev–Trinajstić information content (AvgIpc) is 3.41. The zero-order valence-electron chi connectivity index (χ0n) is 16.2. The third-order valence-electron chi connectivity index (χ3n) is 6.54. The Balaban J connectivity index is 1.54. The molecule has 3 aromatic rings. The summed E-state index contributed by atoms with van der Waals surface area (Å²) >= 11 is 0. The first-order valence-electron chi connectivity index (χ1n) is 10.3. The van der Waals surface area contributed by atoms with Crippen molar-refractivity contribution in [3.05, 3.63) is 101 Å². The summed E-state index contributed by atoms with van der Waals surface area (Å²) in [4.78, 5) is 31.8. The van der Waals surface area contributed by atoms with Crippen molar-refractivity contribution < 1.29 is 14.0 Å². The quantitative estimate of drug-likeness (QED) is 0.602. The highest BCUT2D eigenvalue weighted by Gasteiger charge is 2.48. The molecule has 0 radical (unpaired) electrons. The number of nitrogens with zero attached hydrogens (tertiary/aromatic N) is 1. The van der Waals surface area contributed by atoms with Crippen LogP contribution < -0.4 is 0 Å². The Hall–Kier alpha value is -3.53. The van der Waals surface area contributed by atoms with Gasteiger partial charge < -0.3 is 4.42 Å². The van der Waals surface area contributed by atoms with Gasteiger partial charge in [-0.2, -0.15) is 0 Å². The van der Waals surface area contributed by atoms with Gasteiger partial charge in [-0.3, -0.25) is 14.6 Å². The van der Waals surface area contributed by atoms with Crippen LogP contribution >= 0.6 is 0 Å². The Morgan fingerprint density at radius 2 is 1.57 bits per heavy atom. The van der Waals surface area contributed by atoms with Crippen LogP contribution in [0.3, 0.4) is 0 Å². The molecule has 0 bridgehead atoms. The lowest BCUT2D eigenvalue weighted by Crippen LogP contribution is -2.40. The Kier molecular flexibility index (Phi) is 3.75. The van der Waals surface area contributed by atoms with Gasteiger partial charge in [-0.1, -0.05) is 54.6 Å². The van der Waals surface area contributed by atoms with Crippen molar-refractivity contribution in [2.45, 2.75) is 24.7 Å². The lowest BCUT2D eigenvalue weighted by Gasteiger charge is -2.37. The number of furan rings is 1. The molecule has 2 aromatic carbocycles. The molecule has 0 saturated heterocycles. The summed E-state index contributed by atoms with van der Waals surface area (Å²) in [6, 6.07) is 21.3. The minimum Gasteiger partial charge on any atom is -0.469 e. The molecule has 2 aliphatic carbocycles. The highest BCUT2D eigenvalue weighted by atomic mass is 16.3. The van der Waals surface area contributed by atoms with E-state index in [0.717, 1.165) is 28.3 Å². The molecular weight excluding hydrogens is 374 g/mol. The molecule has 1 saturated carbocycles. The molecule has 30 heavy (non-hydrogen) atoms. The second-order valence-corrected chi connectivity index (χ2v) is 8.19. The number of allylic oxidation sites excluding steroid dienone is 1. The maximum absolute atomic E-state index is 13.4. The zero-order valence-corrected chi connectivity index (χ0v) is 16.2. The van der Waals surface area contributed by atoms with Crippen LogP contribution in [0.2, 0.25) is 0 Å². The van der Waals surface area contributed by atoms with E-state index in [2.05, 4.69) is 0 Å². The largest absolute Gasteiger partial charge is 0.469 e. The van der Waals surface area contributed by atoms with Crippen molar-refractivity contribution in [1.82, 2.24) is 0 Å². The summed E-state index contributed by atoms with van der Waals surface area (Å²) in [5.41, 5.74) is 4.82. The second kappa shape index (κ2) is 6.49. The maximum atomic E-state index is 13.4. The Labute approximate surface area is 174 Å². The molecule has 1 unspecified atom stereocenters. The molecule has 0 spiro atoms. The standard InChI is InChI=1S/C26H19NO3/c28-20-14-16(21-11-6-12-30-21)13-19-23(20)22(15-7-2-1-3-8-15)24-25(27-19)17-9-4-5-10-18(17)26(24)29/h1-12,16,22-23H,13-14H2/t16-,22+,23?/m1/s1. The summed E-state index contributed by atoms with van der Waals surface area (Å²) in [5, 5.41) is 0. The van der Waals surface area contributed by atoms with Gasteiger partial charge in [-0.25, -0.2) is 0 Å². The number of ketones is 2. The molecule has 4 heteroatoms. The number of Topliss-reactive ketones (excluding diaryl/α,β-unsaturated/α-hetero) is 2. The number of carbonyl (C=O) groups is 2. The smallest absolute Gasteiger partial charge is 0.192 e. The number of hydrogen-bond acceptors (Lipinski definition) is 4. The molecule has 146 valence electrons. The van der Waals surface area contributed by atoms with Gasteiger partial charge in [0.25, 0.3) is 0 Å². The molecule has 6 rings (SSSR count). The van der Waals surface area contributed by atoms with Crippen LogP contribution in [-0.4, -0.2) is 17.3 Å². The third kappa shape index (κ3) is 2.43. The van der Waals surface area contributed by atoms with Gasteiger partial charge >= 0.3 is 0 Å². The fraction of sp³-hybridized carbons (Fsp3) is 0.192. The topological polar surface area (TPSA) is 59.6 Å². The normalized spacial score (nSPS) is 24.9. The molecule has 3 aliphatic rings. The monoisotopic (exact) mass is 393 g/mol. The number of fused-ring (bicyclic) bond motifs is 3. The molecule has 2 heterocycles. The van der Waals surface area contributed by atoms with E-state index in [1.54, 1.807) is 6.26 Å². The highest BCUT2D eigenvalue weighted by molar-refractivity contribution is 6.25. The minimum atomic E-state index is -0.393. The Morgan fingerprint density at radius 1 is 0.800 bits per heavy atom. The van der Waals surface area contributed by atoms with Crippen LogP contribution in [0, 0.1) is 5.92 Å². The van der Waals surface area contributed by atoms with E-state index < -0.39 is 5.92 Å². The van der Waals surface area contributed by atoms with Crippen molar-refractivity contribution in [2.75, 3.05) is 0 Å². The van der Waals surface area contributed by atoms with Gasteiger partial charge in [-0.15, -0.1) is 0 Å². The molecule has 1 fully saturated rings. The number of carbonyl (C=O) groups excluding carboxylic acids is 2. The van der Waals surface area contributed by atoms with Crippen molar-refractivity contribution in [1.29, 1.82) is 0 Å². The van der Waals surface area contributed by atoms with E-state index in [-0.39, 0.29) is 23.4 Å². The molecule has 4 nitrogen and oxygen atoms in total. The summed E-state index contributed by atoms with van der Waals surface area (Å²) in [6.07, 6.45) is 2.72. The third-order valence-corrected chi connectivity index (χ3v) is 6.54. The van der Waals surface area contributed by atoms with Gasteiger partial charge in [0.2, 0.25) is 0 Å². The van der Waals surface area contributed by atoms with Crippen LogP contribution in [-0.2, 0) is 4.79 Å².